The van der Waals surface area contributed by atoms with Gasteiger partial charge < -0.3 is 5.32 Å². The highest BCUT2D eigenvalue weighted by Crippen LogP contribution is 2.51. The first-order valence-corrected chi connectivity index (χ1v) is 5.58. The second-order valence-corrected chi connectivity index (χ2v) is 4.61. The molecule has 1 aliphatic carbocycles. The molecule has 0 amide bonds. The van der Waals surface area contributed by atoms with Crippen LogP contribution in [-0.2, 0) is 0 Å². The predicted octanol–water partition coefficient (Wildman–Crippen LogP) is 3.32. The Bertz CT molecular complexity index is 318. The number of benzene rings is 1. The molecule has 2 unspecified atom stereocenters. The average Bonchev–Trinajstić information content (AvgIpc) is 2.85. The molecular formula is C11H13Cl2N. The molecule has 1 saturated carbocycles. The summed E-state index contributed by atoms with van der Waals surface area (Å²) in [5.41, 5.74) is 1.14. The van der Waals surface area contributed by atoms with Crippen molar-refractivity contribution in [2.75, 3.05) is 13.6 Å². The van der Waals surface area contributed by atoms with Gasteiger partial charge in [-0.25, -0.2) is 0 Å². The largest absolute Gasteiger partial charge is 0.319 e. The van der Waals surface area contributed by atoms with Crippen molar-refractivity contribution in [2.45, 2.75) is 12.3 Å². The van der Waals surface area contributed by atoms with E-state index in [0.717, 1.165) is 22.2 Å². The topological polar surface area (TPSA) is 12.0 Å². The Morgan fingerprint density at radius 1 is 1.36 bits per heavy atom. The lowest BCUT2D eigenvalue weighted by molar-refractivity contribution is 0.698. The van der Waals surface area contributed by atoms with Crippen molar-refractivity contribution >= 4 is 23.2 Å². The van der Waals surface area contributed by atoms with E-state index in [4.69, 9.17) is 23.2 Å². The fourth-order valence-electron chi connectivity index (χ4n) is 1.95. The number of hydrogen-bond donors (Lipinski definition) is 1. The van der Waals surface area contributed by atoms with Crippen LogP contribution >= 0.6 is 23.2 Å². The van der Waals surface area contributed by atoms with E-state index in [-0.39, 0.29) is 0 Å². The van der Waals surface area contributed by atoms with Gasteiger partial charge in [-0.3, -0.25) is 0 Å². The maximum atomic E-state index is 6.13. The summed E-state index contributed by atoms with van der Waals surface area (Å²) in [5.74, 6) is 1.26. The van der Waals surface area contributed by atoms with Crippen molar-refractivity contribution in [2.24, 2.45) is 5.92 Å². The van der Waals surface area contributed by atoms with Crippen LogP contribution in [-0.4, -0.2) is 13.6 Å². The first-order chi connectivity index (χ1) is 6.74. The minimum atomic E-state index is 0.559. The Kier molecular flexibility index (Phi) is 3.01. The summed E-state index contributed by atoms with van der Waals surface area (Å²) in [6.07, 6.45) is 1.20. The molecule has 0 saturated heterocycles. The summed E-state index contributed by atoms with van der Waals surface area (Å²) in [4.78, 5) is 0. The Hall–Kier alpha value is -0.240. The molecular weight excluding hydrogens is 217 g/mol. The van der Waals surface area contributed by atoms with Gasteiger partial charge in [-0.1, -0.05) is 29.3 Å². The molecule has 0 heterocycles. The van der Waals surface area contributed by atoms with E-state index in [1.807, 2.05) is 25.2 Å². The SMILES string of the molecule is CNCC1CC1c1c(Cl)cccc1Cl. The van der Waals surface area contributed by atoms with Gasteiger partial charge in [-0.2, -0.15) is 0 Å². The zero-order chi connectivity index (χ0) is 10.1. The standard InChI is InChI=1S/C11H13Cl2N/c1-14-6-7-5-8(7)11-9(12)3-2-4-10(11)13/h2-4,7-8,14H,5-6H2,1H3. The lowest BCUT2D eigenvalue weighted by atomic mass is 10.1. The van der Waals surface area contributed by atoms with E-state index in [0.29, 0.717) is 11.8 Å². The summed E-state index contributed by atoms with van der Waals surface area (Å²) in [7, 11) is 1.98. The molecule has 1 aromatic rings. The minimum absolute atomic E-state index is 0.559. The normalized spacial score (nSPS) is 25.1. The molecule has 0 bridgehead atoms. The molecule has 3 heteroatoms. The van der Waals surface area contributed by atoms with Crippen LogP contribution in [0.25, 0.3) is 0 Å². The average molecular weight is 230 g/mol. The first-order valence-electron chi connectivity index (χ1n) is 4.82. The molecule has 1 aliphatic rings. The van der Waals surface area contributed by atoms with Crippen molar-refractivity contribution in [3.8, 4) is 0 Å². The molecule has 1 fully saturated rings. The zero-order valence-electron chi connectivity index (χ0n) is 8.06. The lowest BCUT2D eigenvalue weighted by Crippen LogP contribution is -2.10. The second kappa shape index (κ2) is 4.09. The van der Waals surface area contributed by atoms with E-state index >= 15 is 0 Å². The molecule has 0 aromatic heterocycles. The molecule has 1 aromatic carbocycles. The van der Waals surface area contributed by atoms with Gasteiger partial charge in [0.2, 0.25) is 0 Å². The molecule has 14 heavy (non-hydrogen) atoms. The van der Waals surface area contributed by atoms with Crippen LogP contribution in [0.15, 0.2) is 18.2 Å². The van der Waals surface area contributed by atoms with Gasteiger partial charge in [0.25, 0.3) is 0 Å². The van der Waals surface area contributed by atoms with Gasteiger partial charge in [0.1, 0.15) is 0 Å². The van der Waals surface area contributed by atoms with Crippen molar-refractivity contribution in [3.05, 3.63) is 33.8 Å². The maximum Gasteiger partial charge on any atom is 0.0455 e. The van der Waals surface area contributed by atoms with Crippen LogP contribution in [0.4, 0.5) is 0 Å². The predicted molar refractivity (Wildman–Crippen MR) is 61.2 cm³/mol. The van der Waals surface area contributed by atoms with Crippen molar-refractivity contribution < 1.29 is 0 Å². The first kappa shape index (κ1) is 10.3. The van der Waals surface area contributed by atoms with Crippen molar-refractivity contribution in [3.63, 3.8) is 0 Å². The molecule has 76 valence electrons. The number of halogens is 2. The minimum Gasteiger partial charge on any atom is -0.319 e. The molecule has 0 radical (unpaired) electrons. The fraction of sp³-hybridized carbons (Fsp3) is 0.455. The second-order valence-electron chi connectivity index (χ2n) is 3.80. The Labute approximate surface area is 94.4 Å². The highest BCUT2D eigenvalue weighted by molar-refractivity contribution is 6.36. The van der Waals surface area contributed by atoms with Crippen LogP contribution in [0.3, 0.4) is 0 Å². The number of rotatable bonds is 3. The van der Waals surface area contributed by atoms with Crippen LogP contribution in [0.1, 0.15) is 17.9 Å². The molecule has 0 spiro atoms. The summed E-state index contributed by atoms with van der Waals surface area (Å²) in [6.45, 7) is 1.05. The zero-order valence-corrected chi connectivity index (χ0v) is 9.57. The highest BCUT2D eigenvalue weighted by atomic mass is 35.5. The van der Waals surface area contributed by atoms with E-state index in [1.54, 1.807) is 0 Å². The highest BCUT2D eigenvalue weighted by Gasteiger charge is 2.39. The van der Waals surface area contributed by atoms with Crippen molar-refractivity contribution in [1.29, 1.82) is 0 Å². The summed E-state index contributed by atoms with van der Waals surface area (Å²) >= 11 is 12.3. The third-order valence-corrected chi connectivity index (χ3v) is 3.42. The monoisotopic (exact) mass is 229 g/mol. The smallest absolute Gasteiger partial charge is 0.0455 e. The molecule has 1 N–H and O–H groups in total. The molecule has 1 nitrogen and oxygen atoms in total. The van der Waals surface area contributed by atoms with E-state index < -0.39 is 0 Å². The summed E-state index contributed by atoms with van der Waals surface area (Å²) in [5, 5.41) is 4.80. The van der Waals surface area contributed by atoms with Crippen LogP contribution < -0.4 is 5.32 Å². The summed E-state index contributed by atoms with van der Waals surface area (Å²) in [6, 6.07) is 5.72. The van der Waals surface area contributed by atoms with Gasteiger partial charge in [-0.15, -0.1) is 0 Å². The van der Waals surface area contributed by atoms with Gasteiger partial charge in [0, 0.05) is 10.0 Å². The Morgan fingerprint density at radius 3 is 2.57 bits per heavy atom. The number of nitrogens with one attached hydrogen (secondary N) is 1. The molecule has 2 atom stereocenters. The van der Waals surface area contributed by atoms with Gasteiger partial charge in [-0.05, 0) is 49.5 Å². The van der Waals surface area contributed by atoms with Gasteiger partial charge in [0.05, 0.1) is 0 Å². The lowest BCUT2D eigenvalue weighted by Gasteiger charge is -2.05. The van der Waals surface area contributed by atoms with Crippen LogP contribution in [0.2, 0.25) is 10.0 Å². The van der Waals surface area contributed by atoms with Crippen LogP contribution in [0.5, 0.6) is 0 Å². The Morgan fingerprint density at radius 2 is 2.00 bits per heavy atom. The van der Waals surface area contributed by atoms with Gasteiger partial charge in [0.15, 0.2) is 0 Å². The fourth-order valence-corrected chi connectivity index (χ4v) is 2.63. The van der Waals surface area contributed by atoms with E-state index in [1.165, 1.54) is 6.42 Å². The van der Waals surface area contributed by atoms with E-state index in [2.05, 4.69) is 5.32 Å². The number of hydrogen-bond acceptors (Lipinski definition) is 1. The van der Waals surface area contributed by atoms with Gasteiger partial charge >= 0.3 is 0 Å². The third-order valence-electron chi connectivity index (χ3n) is 2.76. The summed E-state index contributed by atoms with van der Waals surface area (Å²) < 4.78 is 0. The quantitative estimate of drug-likeness (QED) is 0.839. The maximum absolute atomic E-state index is 6.13. The van der Waals surface area contributed by atoms with Crippen molar-refractivity contribution in [1.82, 2.24) is 5.32 Å². The molecule has 0 aliphatic heterocycles. The van der Waals surface area contributed by atoms with E-state index in [9.17, 15) is 0 Å². The third kappa shape index (κ3) is 1.90. The molecule has 2 rings (SSSR count). The van der Waals surface area contributed by atoms with Crippen LogP contribution in [0, 0.1) is 5.92 Å². The Balaban J connectivity index is 2.18.